The van der Waals surface area contributed by atoms with E-state index in [1.807, 2.05) is 6.07 Å². The van der Waals surface area contributed by atoms with Gasteiger partial charge < -0.3 is 10.1 Å². The Balaban J connectivity index is 1.75. The molecule has 8 heteroatoms. The van der Waals surface area contributed by atoms with Crippen molar-refractivity contribution >= 4 is 33.6 Å². The average Bonchev–Trinajstić information content (AvgIpc) is 2.81. The van der Waals surface area contributed by atoms with E-state index in [1.54, 1.807) is 48.7 Å². The number of hydrogen-bond donors (Lipinski definition) is 1. The van der Waals surface area contributed by atoms with Crippen molar-refractivity contribution in [3.8, 4) is 17.7 Å². The highest BCUT2D eigenvalue weighted by atomic mass is 79.9. The molecule has 7 nitrogen and oxygen atoms in total. The molecule has 0 bridgehead atoms. The zero-order valence-corrected chi connectivity index (χ0v) is 18.8. The van der Waals surface area contributed by atoms with Crippen molar-refractivity contribution in [1.29, 1.82) is 5.26 Å². The summed E-state index contributed by atoms with van der Waals surface area (Å²) in [5.74, 6) is 0.00786. The number of nitrogens with one attached hydrogen (secondary N) is 1. The van der Waals surface area contributed by atoms with E-state index in [0.29, 0.717) is 11.4 Å². The fourth-order valence-corrected chi connectivity index (χ4v) is 3.97. The number of fused-ring (bicyclic) bond motifs is 1. The molecule has 1 amide bonds. The Labute approximate surface area is 193 Å². The van der Waals surface area contributed by atoms with Gasteiger partial charge in [-0.2, -0.15) is 10.2 Å². The summed E-state index contributed by atoms with van der Waals surface area (Å²) in [4.78, 5) is 30.4. The summed E-state index contributed by atoms with van der Waals surface area (Å²) >= 11 is 3.37. The van der Waals surface area contributed by atoms with E-state index in [1.165, 1.54) is 10.5 Å². The number of carbonyl (C=O) groups excluding carboxylic acids is 1. The van der Waals surface area contributed by atoms with Crippen LogP contribution in [-0.2, 0) is 4.79 Å². The molecule has 32 heavy (non-hydrogen) atoms. The number of amides is 1. The summed E-state index contributed by atoms with van der Waals surface area (Å²) in [6.45, 7) is 0. The van der Waals surface area contributed by atoms with Crippen molar-refractivity contribution in [1.82, 2.24) is 14.7 Å². The smallest absolute Gasteiger partial charge is 0.269 e. The standard InChI is InChI=1S/C24H21BrN4O3/c25-17-9-11-19(12-10-17)32-23-20(24(31)29-13-5-4-8-21(29)28-23)14-16(15-26)22(30)27-18-6-2-1-3-7-18/h4-5,8-14,18H,1-3,6-7H2,(H,27,30)/b16-14+. The maximum atomic E-state index is 13.2. The van der Waals surface area contributed by atoms with E-state index in [9.17, 15) is 14.9 Å². The van der Waals surface area contributed by atoms with Crippen LogP contribution in [0.3, 0.4) is 0 Å². The molecule has 0 aliphatic heterocycles. The van der Waals surface area contributed by atoms with E-state index in [4.69, 9.17) is 4.74 Å². The van der Waals surface area contributed by atoms with Crippen LogP contribution >= 0.6 is 15.9 Å². The number of carbonyl (C=O) groups is 1. The van der Waals surface area contributed by atoms with E-state index in [0.717, 1.165) is 36.6 Å². The third-order valence-corrected chi connectivity index (χ3v) is 5.89. The van der Waals surface area contributed by atoms with Gasteiger partial charge in [0.05, 0.1) is 0 Å². The number of halogens is 1. The Hall–Kier alpha value is -3.44. The maximum Gasteiger partial charge on any atom is 0.269 e. The quantitative estimate of drug-likeness (QED) is 0.414. The molecule has 0 radical (unpaired) electrons. The van der Waals surface area contributed by atoms with Crippen LogP contribution in [0.25, 0.3) is 11.7 Å². The van der Waals surface area contributed by atoms with Crippen LogP contribution in [0.1, 0.15) is 37.7 Å². The van der Waals surface area contributed by atoms with E-state index < -0.39 is 11.5 Å². The monoisotopic (exact) mass is 492 g/mol. The van der Waals surface area contributed by atoms with Gasteiger partial charge >= 0.3 is 0 Å². The molecule has 1 N–H and O–H groups in total. The molecule has 0 saturated heterocycles. The van der Waals surface area contributed by atoms with Gasteiger partial charge in [-0.1, -0.05) is 41.3 Å². The van der Waals surface area contributed by atoms with Crippen LogP contribution in [0, 0.1) is 11.3 Å². The topological polar surface area (TPSA) is 96.5 Å². The first kappa shape index (κ1) is 21.8. The summed E-state index contributed by atoms with van der Waals surface area (Å²) in [6.07, 6.45) is 7.89. The second-order valence-corrected chi connectivity index (χ2v) is 8.51. The minimum atomic E-state index is -0.494. The Morgan fingerprint density at radius 2 is 1.94 bits per heavy atom. The van der Waals surface area contributed by atoms with Gasteiger partial charge in [-0.3, -0.25) is 14.0 Å². The maximum absolute atomic E-state index is 13.2. The minimum Gasteiger partial charge on any atom is -0.438 e. The highest BCUT2D eigenvalue weighted by Crippen LogP contribution is 2.25. The van der Waals surface area contributed by atoms with E-state index in [2.05, 4.69) is 26.2 Å². The molecule has 0 spiro atoms. The van der Waals surface area contributed by atoms with Crippen molar-refractivity contribution in [3.63, 3.8) is 0 Å². The van der Waals surface area contributed by atoms with Crippen LogP contribution in [-0.4, -0.2) is 21.3 Å². The number of hydrogen-bond acceptors (Lipinski definition) is 5. The summed E-state index contributed by atoms with van der Waals surface area (Å²) in [5, 5.41) is 12.6. The van der Waals surface area contributed by atoms with Gasteiger partial charge in [0.15, 0.2) is 0 Å². The highest BCUT2D eigenvalue weighted by Gasteiger charge is 2.20. The Morgan fingerprint density at radius 1 is 1.19 bits per heavy atom. The van der Waals surface area contributed by atoms with Crippen LogP contribution in [0.4, 0.5) is 0 Å². The fourth-order valence-electron chi connectivity index (χ4n) is 3.70. The molecule has 1 aliphatic rings. The number of ether oxygens (including phenoxy) is 1. The van der Waals surface area contributed by atoms with Crippen LogP contribution in [0.5, 0.6) is 11.6 Å². The van der Waals surface area contributed by atoms with Crippen LogP contribution in [0.2, 0.25) is 0 Å². The van der Waals surface area contributed by atoms with Crippen molar-refractivity contribution < 1.29 is 9.53 Å². The molecular formula is C24H21BrN4O3. The normalized spacial score (nSPS) is 14.7. The first-order valence-corrected chi connectivity index (χ1v) is 11.2. The van der Waals surface area contributed by atoms with Gasteiger partial charge in [-0.05, 0) is 55.3 Å². The summed E-state index contributed by atoms with van der Waals surface area (Å²) < 4.78 is 8.13. The lowest BCUT2D eigenvalue weighted by Crippen LogP contribution is -2.36. The number of rotatable bonds is 5. The molecule has 4 rings (SSSR count). The van der Waals surface area contributed by atoms with Crippen molar-refractivity contribution in [2.75, 3.05) is 0 Å². The lowest BCUT2D eigenvalue weighted by atomic mass is 9.95. The number of nitriles is 1. The molecule has 3 aromatic rings. The van der Waals surface area contributed by atoms with Gasteiger partial charge in [0, 0.05) is 16.7 Å². The lowest BCUT2D eigenvalue weighted by molar-refractivity contribution is -0.117. The molecule has 1 saturated carbocycles. The molecule has 1 aromatic carbocycles. The first-order valence-electron chi connectivity index (χ1n) is 10.4. The second kappa shape index (κ2) is 9.79. The largest absolute Gasteiger partial charge is 0.438 e. The zero-order chi connectivity index (χ0) is 22.5. The van der Waals surface area contributed by atoms with E-state index >= 15 is 0 Å². The van der Waals surface area contributed by atoms with Gasteiger partial charge in [-0.15, -0.1) is 0 Å². The van der Waals surface area contributed by atoms with Crippen molar-refractivity contribution in [3.05, 3.63) is 74.6 Å². The number of benzene rings is 1. The zero-order valence-electron chi connectivity index (χ0n) is 17.3. The molecular weight excluding hydrogens is 472 g/mol. The van der Waals surface area contributed by atoms with Gasteiger partial charge in [0.2, 0.25) is 5.88 Å². The van der Waals surface area contributed by atoms with Gasteiger partial charge in [-0.25, -0.2) is 0 Å². The number of aromatic nitrogens is 2. The fraction of sp³-hybridized carbons (Fsp3) is 0.250. The lowest BCUT2D eigenvalue weighted by Gasteiger charge is -2.22. The molecule has 0 atom stereocenters. The van der Waals surface area contributed by atoms with Crippen LogP contribution in [0.15, 0.2) is 63.5 Å². The Morgan fingerprint density at radius 3 is 2.66 bits per heavy atom. The minimum absolute atomic E-state index is 0.0294. The predicted molar refractivity (Wildman–Crippen MR) is 124 cm³/mol. The predicted octanol–water partition coefficient (Wildman–Crippen LogP) is 4.61. The molecule has 162 valence electrons. The van der Waals surface area contributed by atoms with Gasteiger partial charge in [0.25, 0.3) is 11.5 Å². The molecule has 1 aliphatic carbocycles. The molecule has 1 fully saturated rings. The second-order valence-electron chi connectivity index (χ2n) is 7.60. The number of pyridine rings is 1. The average molecular weight is 493 g/mol. The van der Waals surface area contributed by atoms with Crippen LogP contribution < -0.4 is 15.6 Å². The summed E-state index contributed by atoms with van der Waals surface area (Å²) in [5.41, 5.74) is -0.161. The molecule has 2 aromatic heterocycles. The first-order chi connectivity index (χ1) is 15.5. The Bertz CT molecular complexity index is 1270. The summed E-state index contributed by atoms with van der Waals surface area (Å²) in [7, 11) is 0. The third kappa shape index (κ3) is 4.89. The third-order valence-electron chi connectivity index (χ3n) is 5.36. The van der Waals surface area contributed by atoms with E-state index in [-0.39, 0.29) is 23.1 Å². The molecule has 0 unspecified atom stereocenters. The van der Waals surface area contributed by atoms with Crippen molar-refractivity contribution in [2.24, 2.45) is 0 Å². The number of nitrogens with zero attached hydrogens (tertiary/aromatic N) is 3. The highest BCUT2D eigenvalue weighted by molar-refractivity contribution is 9.10. The van der Waals surface area contributed by atoms with Gasteiger partial charge in [0.1, 0.15) is 28.6 Å². The van der Waals surface area contributed by atoms with Crippen molar-refractivity contribution in [2.45, 2.75) is 38.1 Å². The summed E-state index contributed by atoms with van der Waals surface area (Å²) in [6, 6.07) is 14.2. The molecule has 2 heterocycles. The Kier molecular flexibility index (Phi) is 6.66. The SMILES string of the molecule is N#C/C(=C\c1c(Oc2ccc(Br)cc2)nc2ccccn2c1=O)C(=O)NC1CCCCC1.